The Balaban J connectivity index is 3.55. The zero-order valence-corrected chi connectivity index (χ0v) is 17.4. The molecule has 2 nitrogen and oxygen atoms in total. The van der Waals surface area contributed by atoms with Gasteiger partial charge in [0.25, 0.3) is 0 Å². The van der Waals surface area contributed by atoms with Crippen molar-refractivity contribution < 1.29 is 9.53 Å². The van der Waals surface area contributed by atoms with Crippen LogP contribution in [0.3, 0.4) is 0 Å². The molecule has 0 saturated carbocycles. The van der Waals surface area contributed by atoms with E-state index in [4.69, 9.17) is 4.74 Å². The summed E-state index contributed by atoms with van der Waals surface area (Å²) in [4.78, 5) is 11.1. The van der Waals surface area contributed by atoms with E-state index >= 15 is 0 Å². The molecule has 0 rings (SSSR count). The van der Waals surface area contributed by atoms with Crippen LogP contribution in [0.2, 0.25) is 0 Å². The first-order valence-electron chi connectivity index (χ1n) is 10.4. The second kappa shape index (κ2) is 14.8. The van der Waals surface area contributed by atoms with E-state index < -0.39 is 0 Å². The molecule has 0 radical (unpaired) electrons. The third-order valence-corrected chi connectivity index (χ3v) is 5.34. The van der Waals surface area contributed by atoms with Gasteiger partial charge in [-0.15, -0.1) is 0 Å². The van der Waals surface area contributed by atoms with Crippen LogP contribution in [0.15, 0.2) is 0 Å². The molecule has 0 aliphatic carbocycles. The fourth-order valence-electron chi connectivity index (χ4n) is 3.40. The number of carbonyl (C=O) groups excluding carboxylic acids is 1. The molecule has 0 spiro atoms. The molecule has 0 N–H and O–H groups in total. The molecule has 0 aliphatic rings. The van der Waals surface area contributed by atoms with Crippen molar-refractivity contribution in [1.82, 2.24) is 0 Å². The lowest BCUT2D eigenvalue weighted by molar-refractivity contribution is -0.140. The molecule has 0 aromatic carbocycles. The maximum absolute atomic E-state index is 11.1. The number of methoxy groups -OCH3 is 1. The molecule has 0 saturated heterocycles. The monoisotopic (exact) mass is 340 g/mol. The lowest BCUT2D eigenvalue weighted by Crippen LogP contribution is -2.05. The van der Waals surface area contributed by atoms with Gasteiger partial charge in [-0.25, -0.2) is 0 Å². The first kappa shape index (κ1) is 23.5. The van der Waals surface area contributed by atoms with Gasteiger partial charge in [0.15, 0.2) is 0 Å². The Bertz CT molecular complexity index is 298. The van der Waals surface area contributed by atoms with Crippen LogP contribution in [0.5, 0.6) is 0 Å². The van der Waals surface area contributed by atoms with E-state index in [0.717, 1.165) is 24.2 Å². The number of esters is 1. The highest BCUT2D eigenvalue weighted by molar-refractivity contribution is 5.69. The van der Waals surface area contributed by atoms with Gasteiger partial charge in [0, 0.05) is 6.42 Å². The average Bonchev–Trinajstić information content (AvgIpc) is 2.52. The van der Waals surface area contributed by atoms with Crippen LogP contribution in [-0.2, 0) is 9.53 Å². The van der Waals surface area contributed by atoms with Crippen LogP contribution in [0.4, 0.5) is 0 Å². The molecule has 0 aliphatic heterocycles. The standard InChI is InChI=1S/C22H44O2/c1-18(2)10-7-11-19(3)12-8-13-20(4)14-9-15-21(5)16-17-22(23)24-6/h18-21H,7-17H2,1-6H3/t19-,20-,21-/m1/s1. The Morgan fingerprint density at radius 2 is 1.04 bits per heavy atom. The van der Waals surface area contributed by atoms with Crippen molar-refractivity contribution in [1.29, 1.82) is 0 Å². The van der Waals surface area contributed by atoms with E-state index in [9.17, 15) is 4.79 Å². The molecule has 0 bridgehead atoms. The van der Waals surface area contributed by atoms with Crippen LogP contribution in [-0.4, -0.2) is 13.1 Å². The predicted molar refractivity (Wildman–Crippen MR) is 105 cm³/mol. The lowest BCUT2D eigenvalue weighted by atomic mass is 9.90. The lowest BCUT2D eigenvalue weighted by Gasteiger charge is -2.16. The number of hydrogen-bond donors (Lipinski definition) is 0. The minimum atomic E-state index is -0.0715. The first-order chi connectivity index (χ1) is 11.3. The van der Waals surface area contributed by atoms with Gasteiger partial charge in [0.05, 0.1) is 7.11 Å². The Labute approximate surface area is 152 Å². The molecule has 0 fully saturated rings. The Morgan fingerprint density at radius 1 is 0.667 bits per heavy atom. The summed E-state index contributed by atoms with van der Waals surface area (Å²) in [6.07, 6.45) is 13.8. The fraction of sp³-hybridized carbons (Fsp3) is 0.955. The Kier molecular flexibility index (Phi) is 14.5. The first-order valence-corrected chi connectivity index (χ1v) is 10.4. The summed E-state index contributed by atoms with van der Waals surface area (Å²) in [6, 6.07) is 0. The maximum Gasteiger partial charge on any atom is 0.305 e. The molecular formula is C22H44O2. The van der Waals surface area contributed by atoms with E-state index in [1.54, 1.807) is 0 Å². The molecule has 0 unspecified atom stereocenters. The number of rotatable bonds is 15. The minimum absolute atomic E-state index is 0.0715. The highest BCUT2D eigenvalue weighted by Crippen LogP contribution is 2.23. The fourth-order valence-corrected chi connectivity index (χ4v) is 3.40. The summed E-state index contributed by atoms with van der Waals surface area (Å²) in [5, 5.41) is 0. The van der Waals surface area contributed by atoms with Gasteiger partial charge < -0.3 is 4.74 Å². The van der Waals surface area contributed by atoms with Gasteiger partial charge in [-0.1, -0.05) is 92.4 Å². The van der Waals surface area contributed by atoms with Crippen molar-refractivity contribution in [3.8, 4) is 0 Å². The van der Waals surface area contributed by atoms with E-state index in [-0.39, 0.29) is 5.97 Å². The van der Waals surface area contributed by atoms with Crippen LogP contribution in [0.25, 0.3) is 0 Å². The SMILES string of the molecule is COC(=O)CC[C@H](C)CCC[C@H](C)CCC[C@H](C)CCCC(C)C. The van der Waals surface area contributed by atoms with Gasteiger partial charge in [-0.05, 0) is 30.1 Å². The van der Waals surface area contributed by atoms with Crippen molar-refractivity contribution >= 4 is 5.97 Å². The van der Waals surface area contributed by atoms with E-state index in [0.29, 0.717) is 12.3 Å². The molecular weight excluding hydrogens is 296 g/mol. The Morgan fingerprint density at radius 3 is 1.42 bits per heavy atom. The molecule has 3 atom stereocenters. The molecule has 24 heavy (non-hydrogen) atoms. The topological polar surface area (TPSA) is 26.3 Å². The van der Waals surface area contributed by atoms with Crippen LogP contribution in [0.1, 0.15) is 105 Å². The van der Waals surface area contributed by atoms with Gasteiger partial charge in [0.1, 0.15) is 0 Å². The molecule has 144 valence electrons. The summed E-state index contributed by atoms with van der Waals surface area (Å²) in [6.45, 7) is 11.7. The van der Waals surface area contributed by atoms with Crippen molar-refractivity contribution in [2.45, 2.75) is 105 Å². The van der Waals surface area contributed by atoms with Gasteiger partial charge >= 0.3 is 5.97 Å². The normalized spacial score (nSPS) is 15.3. The summed E-state index contributed by atoms with van der Waals surface area (Å²) >= 11 is 0. The van der Waals surface area contributed by atoms with E-state index in [1.807, 2.05) is 0 Å². The quantitative estimate of drug-likeness (QED) is 0.299. The number of ether oxygens (including phenoxy) is 1. The smallest absolute Gasteiger partial charge is 0.305 e. The highest BCUT2D eigenvalue weighted by Gasteiger charge is 2.09. The van der Waals surface area contributed by atoms with E-state index in [1.165, 1.54) is 64.9 Å². The third-order valence-electron chi connectivity index (χ3n) is 5.34. The zero-order chi connectivity index (χ0) is 18.4. The van der Waals surface area contributed by atoms with Crippen molar-refractivity contribution in [2.75, 3.05) is 7.11 Å². The van der Waals surface area contributed by atoms with Gasteiger partial charge in [-0.3, -0.25) is 4.79 Å². The van der Waals surface area contributed by atoms with Crippen LogP contribution >= 0.6 is 0 Å². The number of carbonyl (C=O) groups is 1. The molecule has 0 aromatic rings. The Hall–Kier alpha value is -0.530. The molecule has 2 heteroatoms. The molecule has 0 aromatic heterocycles. The highest BCUT2D eigenvalue weighted by atomic mass is 16.5. The summed E-state index contributed by atoms with van der Waals surface area (Å²) in [5.41, 5.74) is 0. The van der Waals surface area contributed by atoms with Crippen molar-refractivity contribution in [3.63, 3.8) is 0 Å². The zero-order valence-electron chi connectivity index (χ0n) is 17.4. The predicted octanol–water partition coefficient (Wildman–Crippen LogP) is 7.01. The number of hydrogen-bond acceptors (Lipinski definition) is 2. The second-order valence-corrected chi connectivity index (χ2v) is 8.62. The summed E-state index contributed by atoms with van der Waals surface area (Å²) in [7, 11) is 1.47. The molecule has 0 amide bonds. The van der Waals surface area contributed by atoms with Crippen LogP contribution < -0.4 is 0 Å². The van der Waals surface area contributed by atoms with Crippen molar-refractivity contribution in [2.24, 2.45) is 23.7 Å². The maximum atomic E-state index is 11.1. The molecule has 0 heterocycles. The third kappa shape index (κ3) is 15.0. The second-order valence-electron chi connectivity index (χ2n) is 8.62. The van der Waals surface area contributed by atoms with Crippen LogP contribution in [0, 0.1) is 23.7 Å². The average molecular weight is 341 g/mol. The van der Waals surface area contributed by atoms with E-state index in [2.05, 4.69) is 34.6 Å². The summed E-state index contributed by atoms with van der Waals surface area (Å²) in [5.74, 6) is 3.16. The van der Waals surface area contributed by atoms with Gasteiger partial charge in [-0.2, -0.15) is 0 Å². The van der Waals surface area contributed by atoms with Crippen molar-refractivity contribution in [3.05, 3.63) is 0 Å². The van der Waals surface area contributed by atoms with Gasteiger partial charge in [0.2, 0.25) is 0 Å². The minimum Gasteiger partial charge on any atom is -0.469 e. The largest absolute Gasteiger partial charge is 0.469 e. The summed E-state index contributed by atoms with van der Waals surface area (Å²) < 4.78 is 4.70.